The summed E-state index contributed by atoms with van der Waals surface area (Å²) in [5.41, 5.74) is 0. The second kappa shape index (κ2) is 3.72. The van der Waals surface area contributed by atoms with Gasteiger partial charge in [-0.2, -0.15) is 0 Å². The summed E-state index contributed by atoms with van der Waals surface area (Å²) >= 11 is 0. The van der Waals surface area contributed by atoms with Gasteiger partial charge >= 0.3 is 5.97 Å². The molecule has 1 unspecified atom stereocenters. The van der Waals surface area contributed by atoms with Crippen molar-refractivity contribution in [2.24, 2.45) is 5.92 Å². The van der Waals surface area contributed by atoms with Crippen LogP contribution in [0.15, 0.2) is 0 Å². The van der Waals surface area contributed by atoms with E-state index in [9.17, 15) is 4.79 Å². The summed E-state index contributed by atoms with van der Waals surface area (Å²) in [4.78, 5) is 10.3. The molecule has 1 aliphatic rings. The van der Waals surface area contributed by atoms with Crippen LogP contribution >= 0.6 is 0 Å². The summed E-state index contributed by atoms with van der Waals surface area (Å²) in [7, 11) is 1.58. The Hall–Kier alpha value is -0.570. The van der Waals surface area contributed by atoms with Gasteiger partial charge in [0.15, 0.2) is 0 Å². The van der Waals surface area contributed by atoms with E-state index in [2.05, 4.69) is 0 Å². The van der Waals surface area contributed by atoms with Gasteiger partial charge in [0.25, 0.3) is 0 Å². The summed E-state index contributed by atoms with van der Waals surface area (Å²) in [5, 5.41) is 8.47. The third kappa shape index (κ3) is 3.37. The molecule has 0 bridgehead atoms. The average Bonchev–Trinajstić information content (AvgIpc) is 2.69. The zero-order chi connectivity index (χ0) is 8.27. The van der Waals surface area contributed by atoms with Crippen LogP contribution in [0.4, 0.5) is 0 Å². The summed E-state index contributed by atoms with van der Waals surface area (Å²) in [6.07, 6.45) is 3.49. The fourth-order valence-corrected chi connectivity index (χ4v) is 1.18. The molecule has 64 valence electrons. The number of carboxylic acid groups (broad SMARTS) is 1. The highest BCUT2D eigenvalue weighted by Crippen LogP contribution is 2.34. The maximum atomic E-state index is 10.3. The minimum absolute atomic E-state index is 0.0694. The molecule has 0 heterocycles. The molecular formula is C8H14O3. The Morgan fingerprint density at radius 3 is 2.73 bits per heavy atom. The molecule has 0 amide bonds. The molecule has 11 heavy (non-hydrogen) atoms. The first kappa shape index (κ1) is 8.53. The molecule has 1 N–H and O–H groups in total. The lowest BCUT2D eigenvalue weighted by Gasteiger charge is -2.11. The van der Waals surface area contributed by atoms with E-state index in [0.29, 0.717) is 0 Å². The highest BCUT2D eigenvalue weighted by Gasteiger charge is 2.26. The monoisotopic (exact) mass is 158 g/mol. The maximum absolute atomic E-state index is 10.3. The van der Waals surface area contributed by atoms with Gasteiger partial charge in [0.2, 0.25) is 0 Å². The predicted molar refractivity (Wildman–Crippen MR) is 40.4 cm³/mol. The zero-order valence-corrected chi connectivity index (χ0v) is 6.75. The zero-order valence-electron chi connectivity index (χ0n) is 6.75. The lowest BCUT2D eigenvalue weighted by Crippen LogP contribution is -2.16. The minimum atomic E-state index is -0.766. The third-order valence-electron chi connectivity index (χ3n) is 2.03. The molecule has 0 aliphatic heterocycles. The van der Waals surface area contributed by atoms with E-state index in [1.165, 1.54) is 12.8 Å². The van der Waals surface area contributed by atoms with Gasteiger partial charge in [-0.15, -0.1) is 0 Å². The van der Waals surface area contributed by atoms with Crippen molar-refractivity contribution in [1.82, 2.24) is 0 Å². The number of hydrogen-bond acceptors (Lipinski definition) is 2. The fraction of sp³-hybridized carbons (Fsp3) is 0.875. The van der Waals surface area contributed by atoms with E-state index in [1.807, 2.05) is 0 Å². The summed E-state index contributed by atoms with van der Waals surface area (Å²) in [6, 6.07) is 0. The highest BCUT2D eigenvalue weighted by molar-refractivity contribution is 5.67. The van der Waals surface area contributed by atoms with E-state index < -0.39 is 5.97 Å². The molecule has 1 rings (SSSR count). The van der Waals surface area contributed by atoms with Gasteiger partial charge in [0.05, 0.1) is 12.5 Å². The minimum Gasteiger partial charge on any atom is -0.481 e. The second-order valence-corrected chi connectivity index (χ2v) is 3.13. The van der Waals surface area contributed by atoms with Crippen LogP contribution in [0.5, 0.6) is 0 Å². The van der Waals surface area contributed by atoms with Crippen LogP contribution in [-0.2, 0) is 9.53 Å². The standard InChI is InChI=1S/C8H14O3/c1-11-7(5-8(9)10)4-6-2-3-6/h6-7H,2-5H2,1H3,(H,9,10). The van der Waals surface area contributed by atoms with Gasteiger partial charge in [-0.3, -0.25) is 4.79 Å². The van der Waals surface area contributed by atoms with Crippen molar-refractivity contribution in [1.29, 1.82) is 0 Å². The normalized spacial score (nSPS) is 19.7. The van der Waals surface area contributed by atoms with Crippen LogP contribution in [0.1, 0.15) is 25.7 Å². The molecule has 3 nitrogen and oxygen atoms in total. The van der Waals surface area contributed by atoms with Gasteiger partial charge in [-0.1, -0.05) is 12.8 Å². The molecular weight excluding hydrogens is 144 g/mol. The second-order valence-electron chi connectivity index (χ2n) is 3.13. The predicted octanol–water partition coefficient (Wildman–Crippen LogP) is 1.28. The summed E-state index contributed by atoms with van der Waals surface area (Å²) < 4.78 is 5.03. The van der Waals surface area contributed by atoms with Crippen molar-refractivity contribution in [2.75, 3.05) is 7.11 Å². The van der Waals surface area contributed by atoms with E-state index in [0.717, 1.165) is 12.3 Å². The Bertz CT molecular complexity index is 140. The molecule has 1 saturated carbocycles. The first-order chi connectivity index (χ1) is 5.22. The smallest absolute Gasteiger partial charge is 0.305 e. The van der Waals surface area contributed by atoms with Crippen LogP contribution in [0.25, 0.3) is 0 Å². The van der Waals surface area contributed by atoms with E-state index in [4.69, 9.17) is 9.84 Å². The van der Waals surface area contributed by atoms with E-state index in [1.54, 1.807) is 7.11 Å². The Labute approximate surface area is 66.4 Å². The van der Waals surface area contributed by atoms with Crippen molar-refractivity contribution in [3.8, 4) is 0 Å². The fourth-order valence-electron chi connectivity index (χ4n) is 1.18. The first-order valence-corrected chi connectivity index (χ1v) is 3.97. The molecule has 0 aromatic carbocycles. The number of methoxy groups -OCH3 is 1. The summed E-state index contributed by atoms with van der Waals surface area (Å²) in [5.74, 6) is -0.0307. The third-order valence-corrected chi connectivity index (χ3v) is 2.03. The van der Waals surface area contributed by atoms with Gasteiger partial charge in [0, 0.05) is 7.11 Å². The van der Waals surface area contributed by atoms with Crippen LogP contribution in [-0.4, -0.2) is 24.3 Å². The Morgan fingerprint density at radius 2 is 2.36 bits per heavy atom. The largest absolute Gasteiger partial charge is 0.481 e. The van der Waals surface area contributed by atoms with Crippen molar-refractivity contribution < 1.29 is 14.6 Å². The van der Waals surface area contributed by atoms with Crippen molar-refractivity contribution >= 4 is 5.97 Å². The average molecular weight is 158 g/mol. The van der Waals surface area contributed by atoms with Crippen molar-refractivity contribution in [3.63, 3.8) is 0 Å². The number of hydrogen-bond donors (Lipinski definition) is 1. The Morgan fingerprint density at radius 1 is 1.73 bits per heavy atom. The quantitative estimate of drug-likeness (QED) is 0.655. The number of rotatable bonds is 5. The molecule has 1 fully saturated rings. The number of carbonyl (C=O) groups is 1. The number of aliphatic carboxylic acids is 1. The maximum Gasteiger partial charge on any atom is 0.305 e. The SMILES string of the molecule is COC(CC(=O)O)CC1CC1. The van der Waals surface area contributed by atoms with Crippen LogP contribution in [0, 0.1) is 5.92 Å². The molecule has 0 aromatic heterocycles. The van der Waals surface area contributed by atoms with Crippen LogP contribution in [0.2, 0.25) is 0 Å². The molecule has 1 aliphatic carbocycles. The van der Waals surface area contributed by atoms with Gasteiger partial charge in [0.1, 0.15) is 0 Å². The topological polar surface area (TPSA) is 46.5 Å². The van der Waals surface area contributed by atoms with E-state index in [-0.39, 0.29) is 12.5 Å². The lowest BCUT2D eigenvalue weighted by molar-refractivity contribution is -0.139. The number of carboxylic acids is 1. The van der Waals surface area contributed by atoms with Crippen molar-refractivity contribution in [3.05, 3.63) is 0 Å². The molecule has 0 saturated heterocycles. The van der Waals surface area contributed by atoms with Gasteiger partial charge < -0.3 is 9.84 Å². The highest BCUT2D eigenvalue weighted by atomic mass is 16.5. The van der Waals surface area contributed by atoms with Crippen LogP contribution < -0.4 is 0 Å². The molecule has 0 aromatic rings. The molecule has 0 spiro atoms. The van der Waals surface area contributed by atoms with Crippen molar-refractivity contribution in [2.45, 2.75) is 31.8 Å². The number of ether oxygens (including phenoxy) is 1. The molecule has 1 atom stereocenters. The first-order valence-electron chi connectivity index (χ1n) is 3.97. The van der Waals surface area contributed by atoms with Gasteiger partial charge in [-0.25, -0.2) is 0 Å². The summed E-state index contributed by atoms with van der Waals surface area (Å²) in [6.45, 7) is 0. The van der Waals surface area contributed by atoms with Gasteiger partial charge in [-0.05, 0) is 12.3 Å². The van der Waals surface area contributed by atoms with Crippen LogP contribution in [0.3, 0.4) is 0 Å². The molecule has 0 radical (unpaired) electrons. The Balaban J connectivity index is 2.17. The Kier molecular flexibility index (Phi) is 2.88. The molecule has 3 heteroatoms. The van der Waals surface area contributed by atoms with E-state index >= 15 is 0 Å². The lowest BCUT2D eigenvalue weighted by atomic mass is 10.1.